The first-order chi connectivity index (χ1) is 15.3. The van der Waals surface area contributed by atoms with Gasteiger partial charge in [0.1, 0.15) is 11.6 Å². The number of amides is 2. The van der Waals surface area contributed by atoms with Crippen molar-refractivity contribution in [3.63, 3.8) is 0 Å². The lowest BCUT2D eigenvalue weighted by atomic mass is 10.1. The van der Waals surface area contributed by atoms with Crippen LogP contribution < -0.4 is 20.1 Å². The molecular weight excluding hydrogens is 418 g/mol. The molecule has 0 fully saturated rings. The van der Waals surface area contributed by atoms with E-state index in [0.29, 0.717) is 43.1 Å². The van der Waals surface area contributed by atoms with Gasteiger partial charge in [-0.15, -0.1) is 0 Å². The van der Waals surface area contributed by atoms with Gasteiger partial charge in [-0.1, -0.05) is 19.9 Å². The van der Waals surface area contributed by atoms with Crippen LogP contribution in [-0.4, -0.2) is 32.1 Å². The van der Waals surface area contributed by atoms with Crippen LogP contribution in [0.1, 0.15) is 49.0 Å². The zero-order valence-corrected chi connectivity index (χ0v) is 18.7. The fourth-order valence-electron chi connectivity index (χ4n) is 2.85. The van der Waals surface area contributed by atoms with Crippen LogP contribution in [0.25, 0.3) is 0 Å². The van der Waals surface area contributed by atoms with E-state index in [1.807, 2.05) is 18.2 Å². The number of rotatable bonds is 12. The Kier molecular flexibility index (Phi) is 9.91. The van der Waals surface area contributed by atoms with Crippen LogP contribution in [0.3, 0.4) is 0 Å². The molecule has 2 rings (SSSR count). The fourth-order valence-corrected chi connectivity index (χ4v) is 2.85. The van der Waals surface area contributed by atoms with E-state index in [4.69, 9.17) is 9.47 Å². The van der Waals surface area contributed by atoms with Gasteiger partial charge in [0.2, 0.25) is 5.91 Å². The summed E-state index contributed by atoms with van der Waals surface area (Å²) in [4.78, 5) is 24.0. The largest absolute Gasteiger partial charge is 0.493 e. The van der Waals surface area contributed by atoms with Crippen LogP contribution in [0.15, 0.2) is 36.4 Å². The molecule has 0 aliphatic carbocycles. The summed E-state index contributed by atoms with van der Waals surface area (Å²) in [5.41, 5.74) is 0.632. The highest BCUT2D eigenvalue weighted by Gasteiger charge is 2.12. The van der Waals surface area contributed by atoms with Crippen LogP contribution in [0, 0.1) is 17.6 Å². The van der Waals surface area contributed by atoms with Crippen molar-refractivity contribution in [2.75, 3.05) is 20.3 Å². The molecule has 0 radical (unpaired) electrons. The predicted octanol–water partition coefficient (Wildman–Crippen LogP) is 4.22. The summed E-state index contributed by atoms with van der Waals surface area (Å²) in [7, 11) is 1.57. The Balaban J connectivity index is 1.72. The third kappa shape index (κ3) is 8.17. The Morgan fingerprint density at radius 1 is 1.03 bits per heavy atom. The van der Waals surface area contributed by atoms with Gasteiger partial charge in [0.25, 0.3) is 5.91 Å². The maximum Gasteiger partial charge on any atom is 0.254 e. The third-order valence-corrected chi connectivity index (χ3v) is 4.71. The molecule has 0 unspecified atom stereocenters. The average molecular weight is 449 g/mol. The van der Waals surface area contributed by atoms with Crippen molar-refractivity contribution < 1.29 is 27.8 Å². The molecule has 0 atom stereocenters. The molecule has 0 spiro atoms. The van der Waals surface area contributed by atoms with Crippen molar-refractivity contribution in [3.05, 3.63) is 59.2 Å². The number of hydrogen-bond acceptors (Lipinski definition) is 4. The van der Waals surface area contributed by atoms with Gasteiger partial charge in [-0.25, -0.2) is 8.78 Å². The minimum absolute atomic E-state index is 0.177. The van der Waals surface area contributed by atoms with Gasteiger partial charge in [-0.3, -0.25) is 9.59 Å². The second-order valence-electron chi connectivity index (χ2n) is 7.78. The molecule has 0 aromatic heterocycles. The Morgan fingerprint density at radius 2 is 1.81 bits per heavy atom. The highest BCUT2D eigenvalue weighted by atomic mass is 19.1. The van der Waals surface area contributed by atoms with Gasteiger partial charge < -0.3 is 20.1 Å². The standard InChI is InChI=1S/C24H30F2N2O4/c1-16(2)10-12-32-21-9-6-17(13-22(21)31-3)15-28-23(29)5-4-11-27-24(30)19-8-7-18(25)14-20(19)26/h6-9,13-14,16H,4-5,10-12,15H2,1-3H3,(H,27,30)(H,28,29). The first-order valence-corrected chi connectivity index (χ1v) is 10.6. The Morgan fingerprint density at radius 3 is 2.50 bits per heavy atom. The number of ether oxygens (including phenoxy) is 2. The average Bonchev–Trinajstić information content (AvgIpc) is 2.75. The fraction of sp³-hybridized carbons (Fsp3) is 0.417. The second kappa shape index (κ2) is 12.6. The van der Waals surface area contributed by atoms with Crippen LogP contribution in [0.5, 0.6) is 11.5 Å². The number of halogens is 2. The summed E-state index contributed by atoms with van der Waals surface area (Å²) >= 11 is 0. The van der Waals surface area contributed by atoms with Gasteiger partial charge in [-0.2, -0.15) is 0 Å². The van der Waals surface area contributed by atoms with Crippen molar-refractivity contribution in [3.8, 4) is 11.5 Å². The van der Waals surface area contributed by atoms with E-state index in [1.54, 1.807) is 7.11 Å². The van der Waals surface area contributed by atoms with Crippen molar-refractivity contribution in [1.82, 2.24) is 10.6 Å². The van der Waals surface area contributed by atoms with Crippen LogP contribution in [0.4, 0.5) is 8.78 Å². The normalized spacial score (nSPS) is 10.7. The molecule has 0 aliphatic rings. The molecular formula is C24H30F2N2O4. The summed E-state index contributed by atoms with van der Waals surface area (Å²) in [6.07, 6.45) is 1.52. The molecule has 2 aromatic carbocycles. The first kappa shape index (κ1) is 25.1. The van der Waals surface area contributed by atoms with Gasteiger partial charge in [0.05, 0.1) is 19.3 Å². The minimum Gasteiger partial charge on any atom is -0.493 e. The summed E-state index contributed by atoms with van der Waals surface area (Å²) in [6.45, 7) is 5.39. The SMILES string of the molecule is COc1cc(CNC(=O)CCCNC(=O)c2ccc(F)cc2F)ccc1OCCC(C)C. The monoisotopic (exact) mass is 448 g/mol. The smallest absolute Gasteiger partial charge is 0.254 e. The van der Waals surface area contributed by atoms with Crippen molar-refractivity contribution in [2.24, 2.45) is 5.92 Å². The number of benzene rings is 2. The first-order valence-electron chi connectivity index (χ1n) is 10.6. The van der Waals surface area contributed by atoms with E-state index in [-0.39, 0.29) is 24.4 Å². The molecule has 174 valence electrons. The highest BCUT2D eigenvalue weighted by molar-refractivity contribution is 5.94. The maximum atomic E-state index is 13.6. The number of carbonyl (C=O) groups is 2. The van der Waals surface area contributed by atoms with E-state index in [2.05, 4.69) is 24.5 Å². The zero-order chi connectivity index (χ0) is 23.5. The zero-order valence-electron chi connectivity index (χ0n) is 18.7. The molecule has 0 bridgehead atoms. The number of hydrogen-bond donors (Lipinski definition) is 2. The van der Waals surface area contributed by atoms with E-state index in [0.717, 1.165) is 24.1 Å². The van der Waals surface area contributed by atoms with Gasteiger partial charge in [-0.05, 0) is 48.6 Å². The molecule has 2 aromatic rings. The van der Waals surface area contributed by atoms with E-state index in [1.165, 1.54) is 0 Å². The van der Waals surface area contributed by atoms with Crippen LogP contribution in [-0.2, 0) is 11.3 Å². The lowest BCUT2D eigenvalue weighted by molar-refractivity contribution is -0.121. The lowest BCUT2D eigenvalue weighted by Gasteiger charge is -2.13. The summed E-state index contributed by atoms with van der Waals surface area (Å²) in [5.74, 6) is -0.677. The molecule has 0 heterocycles. The molecule has 32 heavy (non-hydrogen) atoms. The summed E-state index contributed by atoms with van der Waals surface area (Å²) in [6, 6.07) is 8.27. The van der Waals surface area contributed by atoms with E-state index >= 15 is 0 Å². The molecule has 8 heteroatoms. The third-order valence-electron chi connectivity index (χ3n) is 4.71. The van der Waals surface area contributed by atoms with E-state index in [9.17, 15) is 18.4 Å². The molecule has 0 saturated heterocycles. The van der Waals surface area contributed by atoms with Gasteiger partial charge in [0, 0.05) is 25.6 Å². The predicted molar refractivity (Wildman–Crippen MR) is 118 cm³/mol. The molecule has 2 amide bonds. The lowest BCUT2D eigenvalue weighted by Crippen LogP contribution is -2.28. The minimum atomic E-state index is -0.924. The number of carbonyl (C=O) groups excluding carboxylic acids is 2. The summed E-state index contributed by atoms with van der Waals surface area (Å²) in [5, 5.41) is 5.33. The summed E-state index contributed by atoms with van der Waals surface area (Å²) < 4.78 is 37.6. The maximum absolute atomic E-state index is 13.6. The van der Waals surface area contributed by atoms with Gasteiger partial charge >= 0.3 is 0 Å². The van der Waals surface area contributed by atoms with Crippen molar-refractivity contribution in [1.29, 1.82) is 0 Å². The van der Waals surface area contributed by atoms with E-state index < -0.39 is 17.5 Å². The molecule has 6 nitrogen and oxygen atoms in total. The number of nitrogens with one attached hydrogen (secondary N) is 2. The Hall–Kier alpha value is -3.16. The molecule has 0 saturated carbocycles. The quantitative estimate of drug-likeness (QED) is 0.477. The Labute approximate surface area is 187 Å². The van der Waals surface area contributed by atoms with Crippen LogP contribution in [0.2, 0.25) is 0 Å². The highest BCUT2D eigenvalue weighted by Crippen LogP contribution is 2.28. The van der Waals surface area contributed by atoms with Crippen molar-refractivity contribution >= 4 is 11.8 Å². The second-order valence-corrected chi connectivity index (χ2v) is 7.78. The number of methoxy groups -OCH3 is 1. The van der Waals surface area contributed by atoms with Gasteiger partial charge in [0.15, 0.2) is 11.5 Å². The molecule has 2 N–H and O–H groups in total. The van der Waals surface area contributed by atoms with Crippen LogP contribution >= 0.6 is 0 Å². The Bertz CT molecular complexity index is 919. The van der Waals surface area contributed by atoms with Crippen molar-refractivity contribution in [2.45, 2.75) is 39.7 Å². The topological polar surface area (TPSA) is 76.7 Å². The molecule has 0 aliphatic heterocycles.